The summed E-state index contributed by atoms with van der Waals surface area (Å²) in [5.74, 6) is -1.08. The predicted molar refractivity (Wildman–Crippen MR) is 70.3 cm³/mol. The summed E-state index contributed by atoms with van der Waals surface area (Å²) in [6.07, 6.45) is 2.69. The SMILES string of the molecule is Cc1cc2c(n1-c1c(F)cccc1F)CCCC2N. The van der Waals surface area contributed by atoms with E-state index in [1.807, 2.05) is 13.0 Å². The molecule has 0 aliphatic heterocycles. The van der Waals surface area contributed by atoms with E-state index in [-0.39, 0.29) is 11.7 Å². The van der Waals surface area contributed by atoms with Crippen molar-refractivity contribution in [1.82, 2.24) is 4.57 Å². The highest BCUT2D eigenvalue weighted by atomic mass is 19.1. The van der Waals surface area contributed by atoms with Crippen LogP contribution in [-0.2, 0) is 6.42 Å². The molecule has 1 aliphatic rings. The number of para-hydroxylation sites is 1. The van der Waals surface area contributed by atoms with E-state index >= 15 is 0 Å². The lowest BCUT2D eigenvalue weighted by Crippen LogP contribution is -2.18. The number of fused-ring (bicyclic) bond motifs is 1. The van der Waals surface area contributed by atoms with Gasteiger partial charge in [-0.25, -0.2) is 8.78 Å². The highest BCUT2D eigenvalue weighted by molar-refractivity contribution is 5.45. The third-order valence-corrected chi connectivity index (χ3v) is 3.81. The summed E-state index contributed by atoms with van der Waals surface area (Å²) in [7, 11) is 0. The Balaban J connectivity index is 2.26. The number of benzene rings is 1. The van der Waals surface area contributed by atoms with E-state index in [2.05, 4.69) is 0 Å². The fraction of sp³-hybridized carbons (Fsp3) is 0.333. The lowest BCUT2D eigenvalue weighted by atomic mass is 9.93. The third-order valence-electron chi connectivity index (χ3n) is 3.81. The van der Waals surface area contributed by atoms with E-state index in [1.165, 1.54) is 18.2 Å². The van der Waals surface area contributed by atoms with Crippen molar-refractivity contribution in [3.63, 3.8) is 0 Å². The normalized spacial score (nSPS) is 18.4. The highest BCUT2D eigenvalue weighted by Crippen LogP contribution is 2.34. The van der Waals surface area contributed by atoms with Crippen molar-refractivity contribution in [2.45, 2.75) is 32.2 Å². The molecule has 2 N–H and O–H groups in total. The van der Waals surface area contributed by atoms with Crippen molar-refractivity contribution >= 4 is 0 Å². The maximum Gasteiger partial charge on any atom is 0.150 e. The molecule has 2 nitrogen and oxygen atoms in total. The zero-order chi connectivity index (χ0) is 13.6. The molecule has 0 radical (unpaired) electrons. The first-order valence-corrected chi connectivity index (χ1v) is 6.50. The van der Waals surface area contributed by atoms with Gasteiger partial charge in [-0.05, 0) is 49.9 Å². The average Bonchev–Trinajstić information content (AvgIpc) is 2.68. The topological polar surface area (TPSA) is 30.9 Å². The third kappa shape index (κ3) is 1.87. The highest BCUT2D eigenvalue weighted by Gasteiger charge is 2.25. The van der Waals surface area contributed by atoms with E-state index in [4.69, 9.17) is 5.73 Å². The van der Waals surface area contributed by atoms with Crippen LogP contribution in [0, 0.1) is 18.6 Å². The van der Waals surface area contributed by atoms with Crippen molar-refractivity contribution in [3.8, 4) is 5.69 Å². The molecular weight excluding hydrogens is 246 g/mol. The van der Waals surface area contributed by atoms with Crippen LogP contribution in [0.1, 0.15) is 35.8 Å². The molecule has 0 fully saturated rings. The maximum absolute atomic E-state index is 14.0. The fourth-order valence-corrected chi connectivity index (χ4v) is 2.95. The molecule has 3 rings (SSSR count). The van der Waals surface area contributed by atoms with E-state index in [0.717, 1.165) is 36.2 Å². The Morgan fingerprint density at radius 1 is 1.26 bits per heavy atom. The molecule has 0 saturated heterocycles. The minimum atomic E-state index is -0.541. The van der Waals surface area contributed by atoms with Crippen LogP contribution in [0.5, 0.6) is 0 Å². The summed E-state index contributed by atoms with van der Waals surface area (Å²) in [6.45, 7) is 1.86. The van der Waals surface area contributed by atoms with Gasteiger partial charge in [0, 0.05) is 17.4 Å². The zero-order valence-electron chi connectivity index (χ0n) is 10.8. The molecule has 1 atom stereocenters. The Morgan fingerprint density at radius 2 is 1.95 bits per heavy atom. The van der Waals surface area contributed by atoms with Crippen LogP contribution in [0.3, 0.4) is 0 Å². The van der Waals surface area contributed by atoms with Gasteiger partial charge in [-0.2, -0.15) is 0 Å². The molecule has 0 amide bonds. The Kier molecular flexibility index (Phi) is 2.90. The van der Waals surface area contributed by atoms with Gasteiger partial charge in [-0.1, -0.05) is 6.07 Å². The molecule has 0 spiro atoms. The average molecular weight is 262 g/mol. The van der Waals surface area contributed by atoms with Gasteiger partial charge in [0.15, 0.2) is 0 Å². The lowest BCUT2D eigenvalue weighted by Gasteiger charge is -2.21. The largest absolute Gasteiger partial charge is 0.324 e. The number of rotatable bonds is 1. The van der Waals surface area contributed by atoms with Crippen LogP contribution in [0.4, 0.5) is 8.78 Å². The molecule has 100 valence electrons. The van der Waals surface area contributed by atoms with Crippen LogP contribution in [0.25, 0.3) is 5.69 Å². The van der Waals surface area contributed by atoms with Gasteiger partial charge < -0.3 is 10.3 Å². The van der Waals surface area contributed by atoms with Crippen molar-refractivity contribution in [2.24, 2.45) is 5.73 Å². The zero-order valence-corrected chi connectivity index (χ0v) is 10.8. The molecule has 1 unspecified atom stereocenters. The number of aryl methyl sites for hydroxylation is 1. The standard InChI is InChI=1S/C15H16F2N2/c1-9-8-10-13(18)6-3-7-14(10)19(9)15-11(16)4-2-5-12(15)17/h2,4-5,8,13H,3,6-7,18H2,1H3. The first kappa shape index (κ1) is 12.4. The molecule has 0 bridgehead atoms. The number of aromatic nitrogens is 1. The van der Waals surface area contributed by atoms with Gasteiger partial charge in [-0.3, -0.25) is 0 Å². The van der Waals surface area contributed by atoms with Gasteiger partial charge in [-0.15, -0.1) is 0 Å². The summed E-state index contributed by atoms with van der Waals surface area (Å²) in [5.41, 5.74) is 8.88. The Labute approximate surface area is 110 Å². The molecule has 1 aliphatic carbocycles. The number of halogens is 2. The van der Waals surface area contributed by atoms with E-state index in [0.29, 0.717) is 0 Å². The maximum atomic E-state index is 14.0. The minimum absolute atomic E-state index is 0.00958. The Morgan fingerprint density at radius 3 is 2.63 bits per heavy atom. The number of nitrogens with two attached hydrogens (primary N) is 1. The van der Waals surface area contributed by atoms with Crippen molar-refractivity contribution in [2.75, 3.05) is 0 Å². The fourth-order valence-electron chi connectivity index (χ4n) is 2.95. The van der Waals surface area contributed by atoms with Crippen LogP contribution in [-0.4, -0.2) is 4.57 Å². The second-order valence-corrected chi connectivity index (χ2v) is 5.09. The second kappa shape index (κ2) is 4.46. The quantitative estimate of drug-likeness (QED) is 0.839. The van der Waals surface area contributed by atoms with E-state index in [9.17, 15) is 8.78 Å². The van der Waals surface area contributed by atoms with Crippen molar-refractivity contribution in [1.29, 1.82) is 0 Å². The molecular formula is C15H16F2N2. The molecule has 1 heterocycles. The second-order valence-electron chi connectivity index (χ2n) is 5.09. The first-order chi connectivity index (χ1) is 9.09. The Bertz CT molecular complexity index is 611. The minimum Gasteiger partial charge on any atom is -0.324 e. The van der Waals surface area contributed by atoms with E-state index < -0.39 is 11.6 Å². The van der Waals surface area contributed by atoms with Gasteiger partial charge in [0.25, 0.3) is 0 Å². The van der Waals surface area contributed by atoms with Crippen LogP contribution < -0.4 is 5.73 Å². The monoisotopic (exact) mass is 262 g/mol. The first-order valence-electron chi connectivity index (χ1n) is 6.50. The van der Waals surface area contributed by atoms with Crippen LogP contribution in [0.2, 0.25) is 0 Å². The summed E-state index contributed by atoms with van der Waals surface area (Å²) >= 11 is 0. The predicted octanol–water partition coefficient (Wildman–Crippen LogP) is 3.40. The van der Waals surface area contributed by atoms with Crippen LogP contribution in [0.15, 0.2) is 24.3 Å². The number of hydrogen-bond donors (Lipinski definition) is 1. The summed E-state index contributed by atoms with van der Waals surface area (Å²) in [4.78, 5) is 0. The van der Waals surface area contributed by atoms with Crippen molar-refractivity contribution < 1.29 is 8.78 Å². The number of hydrogen-bond acceptors (Lipinski definition) is 1. The van der Waals surface area contributed by atoms with E-state index in [1.54, 1.807) is 4.57 Å². The molecule has 1 aromatic heterocycles. The molecule has 1 aromatic carbocycles. The molecule has 19 heavy (non-hydrogen) atoms. The summed E-state index contributed by atoms with van der Waals surface area (Å²) in [6, 6.07) is 5.87. The summed E-state index contributed by atoms with van der Waals surface area (Å²) in [5, 5.41) is 0. The molecule has 2 aromatic rings. The molecule has 4 heteroatoms. The molecule has 0 saturated carbocycles. The Hall–Kier alpha value is -1.68. The van der Waals surface area contributed by atoms with Gasteiger partial charge in [0.2, 0.25) is 0 Å². The number of nitrogens with zero attached hydrogens (tertiary/aromatic N) is 1. The summed E-state index contributed by atoms with van der Waals surface area (Å²) < 4.78 is 29.6. The van der Waals surface area contributed by atoms with Crippen molar-refractivity contribution in [3.05, 3.63) is 52.9 Å². The van der Waals surface area contributed by atoms with Gasteiger partial charge in [0.05, 0.1) is 0 Å². The van der Waals surface area contributed by atoms with Gasteiger partial charge >= 0.3 is 0 Å². The van der Waals surface area contributed by atoms with Gasteiger partial charge in [0.1, 0.15) is 17.3 Å². The lowest BCUT2D eigenvalue weighted by molar-refractivity contribution is 0.540. The smallest absolute Gasteiger partial charge is 0.150 e. The van der Waals surface area contributed by atoms with Crippen LogP contribution >= 0.6 is 0 Å².